The molecular formula is C8H11N3O3S. The SMILES string of the molecule is CS(=O)(=O)N1CCc2c(nc[nH]c2=O)C1. The normalized spacial score (nSPS) is 17.4. The first-order chi connectivity index (χ1) is 6.98. The van der Waals surface area contributed by atoms with Gasteiger partial charge in [0.05, 0.1) is 24.8 Å². The molecule has 0 fully saturated rings. The topological polar surface area (TPSA) is 83.1 Å². The van der Waals surface area contributed by atoms with E-state index in [1.807, 2.05) is 0 Å². The van der Waals surface area contributed by atoms with Crippen molar-refractivity contribution in [1.29, 1.82) is 0 Å². The van der Waals surface area contributed by atoms with E-state index in [4.69, 9.17) is 0 Å². The van der Waals surface area contributed by atoms with E-state index in [1.165, 1.54) is 10.6 Å². The highest BCUT2D eigenvalue weighted by Gasteiger charge is 2.25. The average molecular weight is 229 g/mol. The van der Waals surface area contributed by atoms with E-state index >= 15 is 0 Å². The fraction of sp³-hybridized carbons (Fsp3) is 0.500. The van der Waals surface area contributed by atoms with Crippen LogP contribution >= 0.6 is 0 Å². The lowest BCUT2D eigenvalue weighted by Crippen LogP contribution is -2.38. The third-order valence-corrected chi connectivity index (χ3v) is 3.69. The van der Waals surface area contributed by atoms with Gasteiger partial charge in [0.1, 0.15) is 0 Å². The molecule has 0 amide bonds. The van der Waals surface area contributed by atoms with Gasteiger partial charge in [0.2, 0.25) is 10.0 Å². The molecule has 2 heterocycles. The summed E-state index contributed by atoms with van der Waals surface area (Å²) in [4.78, 5) is 17.8. The Labute approximate surface area is 87.0 Å². The van der Waals surface area contributed by atoms with Crippen LogP contribution in [0.2, 0.25) is 0 Å². The monoisotopic (exact) mass is 229 g/mol. The van der Waals surface area contributed by atoms with Crippen LogP contribution in [0.25, 0.3) is 0 Å². The molecule has 15 heavy (non-hydrogen) atoms. The van der Waals surface area contributed by atoms with Crippen molar-refractivity contribution in [3.05, 3.63) is 27.9 Å². The Hall–Kier alpha value is -1.21. The maximum atomic E-state index is 11.4. The summed E-state index contributed by atoms with van der Waals surface area (Å²) in [5, 5.41) is 0. The molecule has 7 heteroatoms. The minimum atomic E-state index is -3.20. The summed E-state index contributed by atoms with van der Waals surface area (Å²) in [6, 6.07) is 0. The predicted molar refractivity (Wildman–Crippen MR) is 53.8 cm³/mol. The summed E-state index contributed by atoms with van der Waals surface area (Å²) >= 11 is 0. The van der Waals surface area contributed by atoms with E-state index in [0.717, 1.165) is 6.26 Å². The molecule has 1 N–H and O–H groups in total. The predicted octanol–water partition coefficient (Wildman–Crippen LogP) is -0.912. The lowest BCUT2D eigenvalue weighted by molar-refractivity contribution is 0.387. The van der Waals surface area contributed by atoms with Gasteiger partial charge in [-0.25, -0.2) is 13.4 Å². The van der Waals surface area contributed by atoms with Crippen LogP contribution in [0.3, 0.4) is 0 Å². The Balaban J connectivity index is 2.40. The fourth-order valence-corrected chi connectivity index (χ4v) is 2.40. The minimum Gasteiger partial charge on any atom is -0.313 e. The molecule has 0 aliphatic carbocycles. The molecule has 1 aromatic heterocycles. The van der Waals surface area contributed by atoms with Crippen LogP contribution in [-0.4, -0.2) is 35.5 Å². The van der Waals surface area contributed by atoms with Gasteiger partial charge in [0.25, 0.3) is 5.56 Å². The van der Waals surface area contributed by atoms with Crippen LogP contribution in [0.15, 0.2) is 11.1 Å². The second-order valence-electron chi connectivity index (χ2n) is 3.50. The van der Waals surface area contributed by atoms with Crippen molar-refractivity contribution in [3.8, 4) is 0 Å². The summed E-state index contributed by atoms with van der Waals surface area (Å²) in [6.07, 6.45) is 2.88. The molecule has 2 rings (SSSR count). The first-order valence-electron chi connectivity index (χ1n) is 4.49. The second kappa shape index (κ2) is 3.42. The number of aromatic nitrogens is 2. The van der Waals surface area contributed by atoms with Crippen LogP contribution in [-0.2, 0) is 23.0 Å². The average Bonchev–Trinajstić information content (AvgIpc) is 2.16. The van der Waals surface area contributed by atoms with Gasteiger partial charge < -0.3 is 4.98 Å². The molecule has 82 valence electrons. The Morgan fingerprint density at radius 2 is 2.27 bits per heavy atom. The van der Waals surface area contributed by atoms with Crippen LogP contribution < -0.4 is 5.56 Å². The molecule has 1 aliphatic heterocycles. The van der Waals surface area contributed by atoms with Crippen molar-refractivity contribution in [2.75, 3.05) is 12.8 Å². The van der Waals surface area contributed by atoms with Gasteiger partial charge in [0, 0.05) is 12.1 Å². The molecule has 6 nitrogen and oxygen atoms in total. The van der Waals surface area contributed by atoms with Crippen molar-refractivity contribution in [2.24, 2.45) is 0 Å². The van der Waals surface area contributed by atoms with Crippen LogP contribution in [0.4, 0.5) is 0 Å². The maximum Gasteiger partial charge on any atom is 0.254 e. The van der Waals surface area contributed by atoms with E-state index in [2.05, 4.69) is 9.97 Å². The van der Waals surface area contributed by atoms with E-state index in [1.54, 1.807) is 0 Å². The molecule has 0 bridgehead atoms. The number of nitrogens with zero attached hydrogens (tertiary/aromatic N) is 2. The molecule has 0 aromatic carbocycles. The highest BCUT2D eigenvalue weighted by Crippen LogP contribution is 2.14. The fourth-order valence-electron chi connectivity index (χ4n) is 1.62. The largest absolute Gasteiger partial charge is 0.313 e. The van der Waals surface area contributed by atoms with Crippen LogP contribution in [0, 0.1) is 0 Å². The van der Waals surface area contributed by atoms with Gasteiger partial charge in [-0.15, -0.1) is 0 Å². The van der Waals surface area contributed by atoms with Gasteiger partial charge in [-0.1, -0.05) is 0 Å². The van der Waals surface area contributed by atoms with E-state index in [0.29, 0.717) is 24.2 Å². The van der Waals surface area contributed by atoms with Gasteiger partial charge in [-0.05, 0) is 6.42 Å². The van der Waals surface area contributed by atoms with Crippen molar-refractivity contribution in [2.45, 2.75) is 13.0 Å². The highest BCUT2D eigenvalue weighted by atomic mass is 32.2. The zero-order valence-corrected chi connectivity index (χ0v) is 9.04. The highest BCUT2D eigenvalue weighted by molar-refractivity contribution is 7.88. The lowest BCUT2D eigenvalue weighted by atomic mass is 10.1. The Bertz CT molecular complexity index is 534. The molecular weight excluding hydrogens is 218 g/mol. The van der Waals surface area contributed by atoms with Crippen molar-refractivity contribution >= 4 is 10.0 Å². The van der Waals surface area contributed by atoms with Crippen molar-refractivity contribution in [1.82, 2.24) is 14.3 Å². The number of rotatable bonds is 1. The molecule has 1 aliphatic rings. The molecule has 0 saturated carbocycles. The summed E-state index contributed by atoms with van der Waals surface area (Å²) < 4.78 is 23.9. The molecule has 1 aromatic rings. The number of hydrogen-bond donors (Lipinski definition) is 1. The molecule has 0 spiro atoms. The maximum absolute atomic E-state index is 11.4. The zero-order chi connectivity index (χ0) is 11.1. The van der Waals surface area contributed by atoms with E-state index in [-0.39, 0.29) is 12.1 Å². The Morgan fingerprint density at radius 3 is 2.93 bits per heavy atom. The third-order valence-electron chi connectivity index (χ3n) is 2.44. The Kier molecular flexibility index (Phi) is 2.35. The van der Waals surface area contributed by atoms with Crippen molar-refractivity contribution in [3.63, 3.8) is 0 Å². The summed E-state index contributed by atoms with van der Waals surface area (Å²) in [7, 11) is -3.20. The Morgan fingerprint density at radius 1 is 1.53 bits per heavy atom. The van der Waals surface area contributed by atoms with Gasteiger partial charge >= 0.3 is 0 Å². The number of nitrogens with one attached hydrogen (secondary N) is 1. The standard InChI is InChI=1S/C8H11N3O3S/c1-15(13,14)11-3-2-6-7(4-11)9-5-10-8(6)12/h5H,2-4H2,1H3,(H,9,10,12). The molecule has 0 radical (unpaired) electrons. The number of H-pyrrole nitrogens is 1. The van der Waals surface area contributed by atoms with Gasteiger partial charge in [-0.3, -0.25) is 4.79 Å². The number of hydrogen-bond acceptors (Lipinski definition) is 4. The zero-order valence-electron chi connectivity index (χ0n) is 8.23. The van der Waals surface area contributed by atoms with Gasteiger partial charge in [-0.2, -0.15) is 4.31 Å². The van der Waals surface area contributed by atoms with Crippen molar-refractivity contribution < 1.29 is 8.42 Å². The summed E-state index contributed by atoms with van der Waals surface area (Å²) in [5.41, 5.74) is 0.973. The second-order valence-corrected chi connectivity index (χ2v) is 5.49. The van der Waals surface area contributed by atoms with Gasteiger partial charge in [0.15, 0.2) is 0 Å². The number of sulfonamides is 1. The van der Waals surface area contributed by atoms with E-state index < -0.39 is 10.0 Å². The smallest absolute Gasteiger partial charge is 0.254 e. The van der Waals surface area contributed by atoms with Crippen LogP contribution in [0.5, 0.6) is 0 Å². The first-order valence-corrected chi connectivity index (χ1v) is 6.34. The summed E-state index contributed by atoms with van der Waals surface area (Å²) in [6.45, 7) is 0.540. The van der Waals surface area contributed by atoms with E-state index in [9.17, 15) is 13.2 Å². The molecule has 0 saturated heterocycles. The first kappa shape index (κ1) is 10.3. The number of fused-ring (bicyclic) bond motifs is 1. The third kappa shape index (κ3) is 1.93. The number of aromatic amines is 1. The lowest BCUT2D eigenvalue weighted by Gasteiger charge is -2.24. The quantitative estimate of drug-likeness (QED) is 0.675. The minimum absolute atomic E-state index is 0.173. The molecule has 0 unspecified atom stereocenters. The summed E-state index contributed by atoms with van der Waals surface area (Å²) in [5.74, 6) is 0. The molecule has 0 atom stereocenters. The van der Waals surface area contributed by atoms with Crippen LogP contribution in [0.1, 0.15) is 11.3 Å².